The van der Waals surface area contributed by atoms with Crippen LogP contribution < -0.4 is 10.1 Å². The Labute approximate surface area is 220 Å². The van der Waals surface area contributed by atoms with Crippen molar-refractivity contribution in [3.05, 3.63) is 82.2 Å². The minimum absolute atomic E-state index is 0.0105. The lowest BCUT2D eigenvalue weighted by atomic mass is 9.68. The smallest absolute Gasteiger partial charge is 0.416 e. The molecular formula is C30H32F3N3O2. The number of alkyl halides is 3. The second kappa shape index (κ2) is 8.75. The molecule has 1 aliphatic carbocycles. The number of ether oxygens (including phenoxy) is 1. The van der Waals surface area contributed by atoms with Crippen molar-refractivity contribution in [3.8, 4) is 11.4 Å². The fraction of sp³-hybridized carbons (Fsp3) is 0.400. The Morgan fingerprint density at radius 1 is 1.00 bits per heavy atom. The van der Waals surface area contributed by atoms with Gasteiger partial charge in [-0.05, 0) is 53.8 Å². The Kier molecular flexibility index (Phi) is 6.00. The van der Waals surface area contributed by atoms with E-state index < -0.39 is 23.1 Å². The molecule has 0 spiro atoms. The van der Waals surface area contributed by atoms with E-state index in [0.717, 1.165) is 40.6 Å². The van der Waals surface area contributed by atoms with Gasteiger partial charge in [0.2, 0.25) is 0 Å². The van der Waals surface area contributed by atoms with E-state index in [9.17, 15) is 18.0 Å². The molecule has 1 atom stereocenters. The van der Waals surface area contributed by atoms with Gasteiger partial charge < -0.3 is 10.1 Å². The monoisotopic (exact) mass is 523 g/mol. The van der Waals surface area contributed by atoms with Crippen molar-refractivity contribution in [3.63, 3.8) is 0 Å². The van der Waals surface area contributed by atoms with Crippen LogP contribution in [0, 0.1) is 5.41 Å². The quantitative estimate of drug-likeness (QED) is 0.389. The van der Waals surface area contributed by atoms with Gasteiger partial charge in [-0.15, -0.1) is 0 Å². The summed E-state index contributed by atoms with van der Waals surface area (Å²) in [5.74, 6) is 0.921. The predicted octanol–water partition coefficient (Wildman–Crippen LogP) is 7.40. The molecule has 0 radical (unpaired) electrons. The molecule has 5 nitrogen and oxygen atoms in total. The molecule has 38 heavy (non-hydrogen) atoms. The summed E-state index contributed by atoms with van der Waals surface area (Å²) in [7, 11) is 1.61. The maximum atomic E-state index is 13.7. The van der Waals surface area contributed by atoms with Crippen molar-refractivity contribution < 1.29 is 22.7 Å². The van der Waals surface area contributed by atoms with E-state index in [2.05, 4.69) is 19.2 Å². The Bertz CT molecular complexity index is 1420. The number of allylic oxidation sites excluding steroid dienone is 2. The van der Waals surface area contributed by atoms with Gasteiger partial charge in [0, 0.05) is 34.6 Å². The van der Waals surface area contributed by atoms with E-state index in [-0.39, 0.29) is 11.2 Å². The van der Waals surface area contributed by atoms with Gasteiger partial charge in [-0.3, -0.25) is 4.79 Å². The number of methoxy groups -OCH3 is 1. The number of halogens is 3. The number of nitrogens with zero attached hydrogens (tertiary/aromatic N) is 2. The van der Waals surface area contributed by atoms with Crippen LogP contribution in [0.1, 0.15) is 75.8 Å². The summed E-state index contributed by atoms with van der Waals surface area (Å²) in [5, 5.41) is 8.59. The van der Waals surface area contributed by atoms with E-state index in [1.807, 2.05) is 49.7 Å². The molecule has 1 N–H and O–H groups in total. The largest absolute Gasteiger partial charge is 0.497 e. The number of carbonyl (C=O) groups excluding carboxylic acids is 1. The predicted molar refractivity (Wildman–Crippen MR) is 141 cm³/mol. The fourth-order valence-electron chi connectivity index (χ4n) is 5.55. The number of ketones is 1. The van der Waals surface area contributed by atoms with Crippen LogP contribution in [0.2, 0.25) is 0 Å². The number of nitrogens with one attached hydrogen (secondary N) is 1. The lowest BCUT2D eigenvalue weighted by molar-refractivity contribution is -0.137. The van der Waals surface area contributed by atoms with Crippen molar-refractivity contribution in [2.45, 2.75) is 65.0 Å². The van der Waals surface area contributed by atoms with Crippen LogP contribution in [0.5, 0.6) is 5.75 Å². The van der Waals surface area contributed by atoms with Crippen LogP contribution in [0.25, 0.3) is 5.69 Å². The SMILES string of the molecule is COc1ccc(-n2nc(C(C)(C)C)c3c2NC2=C(C(=O)CC(C)(C)C2)C3c2ccc(C(F)(F)F)cc2)cc1. The number of carbonyl (C=O) groups is 1. The first-order valence-corrected chi connectivity index (χ1v) is 12.7. The number of benzene rings is 2. The summed E-state index contributed by atoms with van der Waals surface area (Å²) in [6.45, 7) is 10.3. The van der Waals surface area contributed by atoms with Gasteiger partial charge in [0.15, 0.2) is 5.78 Å². The first kappa shape index (κ1) is 26.1. The third-order valence-electron chi connectivity index (χ3n) is 7.29. The van der Waals surface area contributed by atoms with Gasteiger partial charge in [-0.25, -0.2) is 4.68 Å². The number of aromatic nitrogens is 2. The second-order valence-electron chi connectivity index (χ2n) is 12.0. The number of rotatable bonds is 3. The summed E-state index contributed by atoms with van der Waals surface area (Å²) in [4.78, 5) is 13.7. The van der Waals surface area contributed by atoms with Crippen LogP contribution in [-0.2, 0) is 16.4 Å². The minimum atomic E-state index is -4.44. The molecule has 3 aromatic rings. The van der Waals surface area contributed by atoms with Crippen LogP contribution in [0.15, 0.2) is 59.8 Å². The third-order valence-corrected chi connectivity index (χ3v) is 7.29. The molecule has 2 heterocycles. The molecule has 0 saturated heterocycles. The van der Waals surface area contributed by atoms with E-state index >= 15 is 0 Å². The summed E-state index contributed by atoms with van der Waals surface area (Å²) < 4.78 is 47.3. The van der Waals surface area contributed by atoms with Crippen molar-refractivity contribution in [2.75, 3.05) is 12.4 Å². The van der Waals surface area contributed by atoms with Gasteiger partial charge in [0.25, 0.3) is 0 Å². The van der Waals surface area contributed by atoms with Gasteiger partial charge in [-0.1, -0.05) is 46.8 Å². The molecule has 0 bridgehead atoms. The maximum Gasteiger partial charge on any atom is 0.416 e. The first-order chi connectivity index (χ1) is 17.7. The summed E-state index contributed by atoms with van der Waals surface area (Å²) in [6.07, 6.45) is -3.43. The number of fused-ring (bicyclic) bond motifs is 1. The standard InChI is InChI=1S/C30H32F3N3O2/c1-28(2,3)26-25-23(17-7-9-18(10-8-17)30(31,32)33)24-21(15-29(4,5)16-22(24)37)34-27(25)36(35-26)19-11-13-20(38-6)14-12-19/h7-14,23,34H,15-16H2,1-6H3. The van der Waals surface area contributed by atoms with E-state index in [4.69, 9.17) is 9.84 Å². The van der Waals surface area contributed by atoms with Gasteiger partial charge >= 0.3 is 6.18 Å². The zero-order valence-corrected chi connectivity index (χ0v) is 22.5. The Hall–Kier alpha value is -3.55. The van der Waals surface area contributed by atoms with Gasteiger partial charge in [-0.2, -0.15) is 18.3 Å². The average molecular weight is 524 g/mol. The third kappa shape index (κ3) is 4.50. The van der Waals surface area contributed by atoms with E-state index in [1.54, 1.807) is 7.11 Å². The molecule has 0 fully saturated rings. The maximum absolute atomic E-state index is 13.7. The fourth-order valence-corrected chi connectivity index (χ4v) is 5.55. The molecule has 0 amide bonds. The first-order valence-electron chi connectivity index (χ1n) is 12.7. The molecular weight excluding hydrogens is 491 g/mol. The molecule has 2 aromatic carbocycles. The van der Waals surface area contributed by atoms with Crippen LogP contribution in [0.4, 0.5) is 19.0 Å². The molecule has 1 unspecified atom stereocenters. The van der Waals surface area contributed by atoms with Crippen molar-refractivity contribution >= 4 is 11.6 Å². The number of anilines is 1. The van der Waals surface area contributed by atoms with Crippen molar-refractivity contribution in [1.82, 2.24) is 9.78 Å². The van der Waals surface area contributed by atoms with E-state index in [0.29, 0.717) is 29.7 Å². The zero-order valence-electron chi connectivity index (χ0n) is 22.5. The highest BCUT2D eigenvalue weighted by molar-refractivity contribution is 6.01. The highest BCUT2D eigenvalue weighted by atomic mass is 19.4. The van der Waals surface area contributed by atoms with Crippen molar-refractivity contribution in [1.29, 1.82) is 0 Å². The van der Waals surface area contributed by atoms with Crippen LogP contribution >= 0.6 is 0 Å². The highest BCUT2D eigenvalue weighted by Crippen LogP contribution is 2.52. The second-order valence-corrected chi connectivity index (χ2v) is 12.0. The Balaban J connectivity index is 1.78. The minimum Gasteiger partial charge on any atom is -0.497 e. The molecule has 2 aliphatic rings. The molecule has 1 aliphatic heterocycles. The lowest BCUT2D eigenvalue weighted by Gasteiger charge is -2.39. The molecule has 5 rings (SSSR count). The number of Topliss-reactive ketones (excluding diaryl/α,β-unsaturated/α-hetero) is 1. The molecule has 200 valence electrons. The van der Waals surface area contributed by atoms with Gasteiger partial charge in [0.05, 0.1) is 24.1 Å². The summed E-state index contributed by atoms with van der Waals surface area (Å²) >= 11 is 0. The number of hydrogen-bond acceptors (Lipinski definition) is 4. The molecule has 0 saturated carbocycles. The van der Waals surface area contributed by atoms with Crippen LogP contribution in [0.3, 0.4) is 0 Å². The van der Waals surface area contributed by atoms with E-state index in [1.165, 1.54) is 12.1 Å². The Morgan fingerprint density at radius 3 is 2.18 bits per heavy atom. The van der Waals surface area contributed by atoms with Crippen molar-refractivity contribution in [2.24, 2.45) is 5.41 Å². The highest BCUT2D eigenvalue weighted by Gasteiger charge is 2.45. The lowest BCUT2D eigenvalue weighted by Crippen LogP contribution is -2.34. The molecule has 1 aromatic heterocycles. The number of hydrogen-bond donors (Lipinski definition) is 1. The topological polar surface area (TPSA) is 56.1 Å². The molecule has 8 heteroatoms. The summed E-state index contributed by atoms with van der Waals surface area (Å²) in [6, 6.07) is 12.7. The zero-order chi connectivity index (χ0) is 27.6. The Morgan fingerprint density at radius 2 is 1.63 bits per heavy atom. The van der Waals surface area contributed by atoms with Crippen LogP contribution in [-0.4, -0.2) is 22.7 Å². The average Bonchev–Trinajstić information content (AvgIpc) is 3.21. The normalized spacial score (nSPS) is 19.1. The van der Waals surface area contributed by atoms with Gasteiger partial charge in [0.1, 0.15) is 11.6 Å². The summed E-state index contributed by atoms with van der Waals surface area (Å²) in [5.41, 5.74) is 3.11.